The van der Waals surface area contributed by atoms with Crippen molar-refractivity contribution >= 4 is 16.9 Å². The van der Waals surface area contributed by atoms with Gasteiger partial charge in [0.1, 0.15) is 6.33 Å². The van der Waals surface area contributed by atoms with Crippen molar-refractivity contribution in [2.75, 3.05) is 5.43 Å². The Balaban J connectivity index is 2.05. The number of benzene rings is 1. The summed E-state index contributed by atoms with van der Waals surface area (Å²) in [6.45, 7) is 0. The fourth-order valence-corrected chi connectivity index (χ4v) is 1.49. The first-order valence-electron chi connectivity index (χ1n) is 4.62. The number of aromatic amines is 1. The smallest absolute Gasteiger partial charge is 0.166 e. The van der Waals surface area contributed by atoms with Gasteiger partial charge < -0.3 is 0 Å². The maximum Gasteiger partial charge on any atom is 0.166 e. The molecule has 0 aliphatic heterocycles. The highest BCUT2D eigenvalue weighted by molar-refractivity contribution is 5.75. The SMILES string of the molecule is c1ccc2c(c1)ncn2Nc1cc[nH]n1. The van der Waals surface area contributed by atoms with Crippen molar-refractivity contribution in [3.8, 4) is 0 Å². The zero-order valence-corrected chi connectivity index (χ0v) is 7.88. The molecule has 0 bridgehead atoms. The second-order valence-corrected chi connectivity index (χ2v) is 3.17. The molecule has 5 nitrogen and oxygen atoms in total. The number of para-hydroxylation sites is 2. The van der Waals surface area contributed by atoms with Crippen LogP contribution in [-0.2, 0) is 0 Å². The minimum atomic E-state index is 0.762. The molecular formula is C10H9N5. The molecule has 0 amide bonds. The van der Waals surface area contributed by atoms with Gasteiger partial charge in [0.15, 0.2) is 5.82 Å². The number of nitrogens with one attached hydrogen (secondary N) is 2. The molecule has 0 spiro atoms. The first-order valence-corrected chi connectivity index (χ1v) is 4.62. The van der Waals surface area contributed by atoms with Crippen molar-refractivity contribution in [3.05, 3.63) is 42.9 Å². The predicted octanol–water partition coefficient (Wildman–Crippen LogP) is 1.63. The van der Waals surface area contributed by atoms with E-state index in [2.05, 4.69) is 20.6 Å². The van der Waals surface area contributed by atoms with Gasteiger partial charge in [0.05, 0.1) is 11.0 Å². The van der Waals surface area contributed by atoms with E-state index in [-0.39, 0.29) is 0 Å². The average molecular weight is 199 g/mol. The molecule has 2 aromatic heterocycles. The number of H-pyrrole nitrogens is 1. The van der Waals surface area contributed by atoms with Crippen LogP contribution in [0.2, 0.25) is 0 Å². The summed E-state index contributed by atoms with van der Waals surface area (Å²) in [6, 6.07) is 9.77. The predicted molar refractivity (Wildman–Crippen MR) is 57.3 cm³/mol. The number of anilines is 1. The van der Waals surface area contributed by atoms with Crippen LogP contribution in [0.5, 0.6) is 0 Å². The van der Waals surface area contributed by atoms with Crippen LogP contribution in [0.4, 0.5) is 5.82 Å². The Labute approximate surface area is 85.7 Å². The largest absolute Gasteiger partial charge is 0.284 e. The third kappa shape index (κ3) is 1.34. The van der Waals surface area contributed by atoms with Gasteiger partial charge in [0, 0.05) is 12.3 Å². The summed E-state index contributed by atoms with van der Waals surface area (Å²) in [7, 11) is 0. The Kier molecular flexibility index (Phi) is 1.68. The van der Waals surface area contributed by atoms with E-state index in [9.17, 15) is 0 Å². The molecule has 0 saturated carbocycles. The van der Waals surface area contributed by atoms with E-state index in [0.717, 1.165) is 16.9 Å². The van der Waals surface area contributed by atoms with Gasteiger partial charge in [-0.3, -0.25) is 10.5 Å². The van der Waals surface area contributed by atoms with E-state index in [1.54, 1.807) is 12.5 Å². The van der Waals surface area contributed by atoms with Crippen LogP contribution in [-0.4, -0.2) is 19.9 Å². The van der Waals surface area contributed by atoms with Crippen molar-refractivity contribution in [2.45, 2.75) is 0 Å². The molecule has 0 unspecified atom stereocenters. The molecule has 1 aromatic carbocycles. The van der Waals surface area contributed by atoms with Gasteiger partial charge in [-0.15, -0.1) is 0 Å². The number of hydrogen-bond acceptors (Lipinski definition) is 3. The number of nitrogens with zero attached hydrogens (tertiary/aromatic N) is 3. The van der Waals surface area contributed by atoms with Crippen LogP contribution >= 0.6 is 0 Å². The summed E-state index contributed by atoms with van der Waals surface area (Å²) >= 11 is 0. The summed E-state index contributed by atoms with van der Waals surface area (Å²) in [6.07, 6.45) is 3.50. The van der Waals surface area contributed by atoms with Crippen LogP contribution in [0.1, 0.15) is 0 Å². The summed E-state index contributed by atoms with van der Waals surface area (Å²) in [4.78, 5) is 4.26. The molecule has 0 saturated heterocycles. The molecule has 15 heavy (non-hydrogen) atoms. The molecule has 2 heterocycles. The molecule has 3 aromatic rings. The summed E-state index contributed by atoms with van der Waals surface area (Å²) in [5.74, 6) is 0.762. The van der Waals surface area contributed by atoms with Gasteiger partial charge in [-0.1, -0.05) is 12.1 Å². The Hall–Kier alpha value is -2.30. The van der Waals surface area contributed by atoms with E-state index in [0.29, 0.717) is 0 Å². The summed E-state index contributed by atoms with van der Waals surface area (Å²) < 4.78 is 1.84. The number of imidazole rings is 1. The third-order valence-corrected chi connectivity index (χ3v) is 2.19. The van der Waals surface area contributed by atoms with Crippen LogP contribution in [0.15, 0.2) is 42.9 Å². The Morgan fingerprint density at radius 1 is 1.20 bits per heavy atom. The quantitative estimate of drug-likeness (QED) is 0.659. The second-order valence-electron chi connectivity index (χ2n) is 3.17. The number of hydrogen-bond donors (Lipinski definition) is 2. The fraction of sp³-hybridized carbons (Fsp3) is 0. The standard InChI is InChI=1S/C10H9N5/c1-2-4-9-8(3-1)11-7-15(9)14-10-5-6-12-13-10/h1-7H,(H2,12,13,14). The van der Waals surface area contributed by atoms with E-state index in [1.807, 2.05) is 35.0 Å². The number of rotatable bonds is 2. The average Bonchev–Trinajstić information content (AvgIpc) is 2.89. The minimum absolute atomic E-state index is 0.762. The monoisotopic (exact) mass is 199 g/mol. The highest BCUT2D eigenvalue weighted by atomic mass is 15.5. The summed E-state index contributed by atoms with van der Waals surface area (Å²) in [5, 5.41) is 6.76. The summed E-state index contributed by atoms with van der Waals surface area (Å²) in [5.41, 5.74) is 5.11. The molecule has 2 N–H and O–H groups in total. The maximum absolute atomic E-state index is 4.26. The third-order valence-electron chi connectivity index (χ3n) is 2.19. The molecule has 0 aliphatic rings. The van der Waals surface area contributed by atoms with Crippen LogP contribution < -0.4 is 5.43 Å². The van der Waals surface area contributed by atoms with Crippen molar-refractivity contribution in [1.29, 1.82) is 0 Å². The molecule has 74 valence electrons. The number of aromatic nitrogens is 4. The van der Waals surface area contributed by atoms with Gasteiger partial charge in [0.2, 0.25) is 0 Å². The fourth-order valence-electron chi connectivity index (χ4n) is 1.49. The van der Waals surface area contributed by atoms with Crippen molar-refractivity contribution in [2.24, 2.45) is 0 Å². The lowest BCUT2D eigenvalue weighted by atomic mass is 10.3. The topological polar surface area (TPSA) is 58.5 Å². The normalized spacial score (nSPS) is 10.7. The van der Waals surface area contributed by atoms with Crippen LogP contribution in [0.3, 0.4) is 0 Å². The Morgan fingerprint density at radius 2 is 2.13 bits per heavy atom. The van der Waals surface area contributed by atoms with Crippen molar-refractivity contribution in [3.63, 3.8) is 0 Å². The van der Waals surface area contributed by atoms with E-state index < -0.39 is 0 Å². The zero-order valence-electron chi connectivity index (χ0n) is 7.88. The van der Waals surface area contributed by atoms with Gasteiger partial charge >= 0.3 is 0 Å². The van der Waals surface area contributed by atoms with Gasteiger partial charge in [-0.05, 0) is 12.1 Å². The first kappa shape index (κ1) is 8.05. The van der Waals surface area contributed by atoms with Crippen molar-refractivity contribution < 1.29 is 0 Å². The van der Waals surface area contributed by atoms with Gasteiger partial charge in [0.25, 0.3) is 0 Å². The molecular weight excluding hydrogens is 190 g/mol. The highest BCUT2D eigenvalue weighted by Gasteiger charge is 2.01. The van der Waals surface area contributed by atoms with Gasteiger partial charge in [-0.25, -0.2) is 9.66 Å². The second kappa shape index (κ2) is 3.13. The van der Waals surface area contributed by atoms with E-state index >= 15 is 0 Å². The van der Waals surface area contributed by atoms with E-state index in [4.69, 9.17) is 0 Å². The van der Waals surface area contributed by atoms with Crippen molar-refractivity contribution in [1.82, 2.24) is 19.9 Å². The maximum atomic E-state index is 4.26. The molecule has 5 heteroatoms. The zero-order chi connectivity index (χ0) is 10.1. The lowest BCUT2D eigenvalue weighted by Gasteiger charge is -2.03. The highest BCUT2D eigenvalue weighted by Crippen LogP contribution is 2.11. The lowest BCUT2D eigenvalue weighted by Crippen LogP contribution is -2.07. The minimum Gasteiger partial charge on any atom is -0.284 e. The molecule has 3 rings (SSSR count). The Morgan fingerprint density at radius 3 is 3.00 bits per heavy atom. The molecule has 0 aliphatic carbocycles. The first-order chi connectivity index (χ1) is 7.43. The number of fused-ring (bicyclic) bond motifs is 1. The Bertz CT molecular complexity index is 566. The molecule has 0 radical (unpaired) electrons. The van der Waals surface area contributed by atoms with Gasteiger partial charge in [-0.2, -0.15) is 5.10 Å². The van der Waals surface area contributed by atoms with Crippen LogP contribution in [0, 0.1) is 0 Å². The lowest BCUT2D eigenvalue weighted by molar-refractivity contribution is 0.956. The van der Waals surface area contributed by atoms with E-state index in [1.165, 1.54) is 0 Å². The molecule has 0 fully saturated rings. The molecule has 0 atom stereocenters. The van der Waals surface area contributed by atoms with Crippen LogP contribution in [0.25, 0.3) is 11.0 Å².